The van der Waals surface area contributed by atoms with Crippen LogP contribution in [0.2, 0.25) is 0 Å². The Morgan fingerprint density at radius 1 is 1.19 bits per heavy atom. The molecule has 3 aromatic rings. The second-order valence-corrected chi connectivity index (χ2v) is 7.84. The smallest absolute Gasteiger partial charge is 0.259 e. The predicted octanol–water partition coefficient (Wildman–Crippen LogP) is 4.07. The maximum atomic E-state index is 13.2. The summed E-state index contributed by atoms with van der Waals surface area (Å²) in [7, 11) is 1.61. The standard InChI is InChI=1S/C24H19N3O3S/c1-3-17-14-16(10-11-25-17)23(28)26-18-8-9-20-22(15-18)31-21-7-5-4-6-19(21)24(29)27(20)12-13-30-2/h1,4-11,14-15H,12-13H2,2H3,(H,26,28). The van der Waals surface area contributed by atoms with Crippen molar-refractivity contribution in [1.82, 2.24) is 4.98 Å². The Labute approximate surface area is 184 Å². The first kappa shape index (κ1) is 20.7. The number of amides is 2. The molecule has 0 spiro atoms. The molecule has 1 aliphatic heterocycles. The number of carbonyl (C=O) groups excluding carboxylic acids is 2. The first-order valence-corrected chi connectivity index (χ1v) is 10.4. The van der Waals surface area contributed by atoms with Gasteiger partial charge in [0, 0.05) is 40.9 Å². The van der Waals surface area contributed by atoms with E-state index in [2.05, 4.69) is 16.2 Å². The van der Waals surface area contributed by atoms with Gasteiger partial charge in [0.1, 0.15) is 5.69 Å². The van der Waals surface area contributed by atoms with Crippen molar-refractivity contribution in [3.63, 3.8) is 0 Å². The lowest BCUT2D eigenvalue weighted by atomic mass is 10.1. The molecule has 31 heavy (non-hydrogen) atoms. The van der Waals surface area contributed by atoms with Crippen LogP contribution in [0.15, 0.2) is 70.6 Å². The number of anilines is 2. The summed E-state index contributed by atoms with van der Waals surface area (Å²) in [6.07, 6.45) is 6.88. The number of terminal acetylenes is 1. The van der Waals surface area contributed by atoms with Crippen LogP contribution in [0.1, 0.15) is 26.4 Å². The molecule has 0 saturated carbocycles. The highest BCUT2D eigenvalue weighted by atomic mass is 32.2. The van der Waals surface area contributed by atoms with Crippen molar-refractivity contribution in [3.8, 4) is 12.3 Å². The Hall–Kier alpha value is -3.60. The van der Waals surface area contributed by atoms with Gasteiger partial charge < -0.3 is 15.0 Å². The molecule has 0 atom stereocenters. The summed E-state index contributed by atoms with van der Waals surface area (Å²) in [5.41, 5.74) is 2.86. The van der Waals surface area contributed by atoms with E-state index in [9.17, 15) is 9.59 Å². The minimum Gasteiger partial charge on any atom is -0.383 e. The first-order chi connectivity index (χ1) is 15.1. The first-order valence-electron chi connectivity index (χ1n) is 9.56. The van der Waals surface area contributed by atoms with Crippen LogP contribution in [0.25, 0.3) is 0 Å². The van der Waals surface area contributed by atoms with Gasteiger partial charge in [0.2, 0.25) is 0 Å². The Morgan fingerprint density at radius 3 is 2.84 bits per heavy atom. The zero-order valence-corrected chi connectivity index (χ0v) is 17.6. The largest absolute Gasteiger partial charge is 0.383 e. The number of nitrogens with zero attached hydrogens (tertiary/aromatic N) is 2. The molecule has 0 saturated heterocycles. The van der Waals surface area contributed by atoms with Crippen molar-refractivity contribution >= 4 is 35.0 Å². The fraction of sp³-hybridized carbons (Fsp3) is 0.125. The third-order valence-corrected chi connectivity index (χ3v) is 5.90. The Bertz CT molecular complexity index is 1200. The van der Waals surface area contributed by atoms with Crippen LogP contribution in [-0.2, 0) is 4.74 Å². The fourth-order valence-electron chi connectivity index (χ4n) is 3.26. The van der Waals surface area contributed by atoms with Crippen molar-refractivity contribution in [2.75, 3.05) is 30.5 Å². The van der Waals surface area contributed by atoms with E-state index in [1.807, 2.05) is 36.4 Å². The number of rotatable bonds is 5. The average Bonchev–Trinajstić information content (AvgIpc) is 2.91. The molecule has 1 N–H and O–H groups in total. The predicted molar refractivity (Wildman–Crippen MR) is 121 cm³/mol. The van der Waals surface area contributed by atoms with Gasteiger partial charge in [-0.1, -0.05) is 29.8 Å². The molecule has 7 heteroatoms. The summed E-state index contributed by atoms with van der Waals surface area (Å²) >= 11 is 1.50. The van der Waals surface area contributed by atoms with Gasteiger partial charge in [-0.2, -0.15) is 0 Å². The number of fused-ring (bicyclic) bond motifs is 2. The zero-order chi connectivity index (χ0) is 21.8. The molecule has 2 heterocycles. The van der Waals surface area contributed by atoms with E-state index in [0.717, 1.165) is 15.5 Å². The number of hydrogen-bond acceptors (Lipinski definition) is 5. The van der Waals surface area contributed by atoms with Gasteiger partial charge >= 0.3 is 0 Å². The van der Waals surface area contributed by atoms with Gasteiger partial charge in [0.15, 0.2) is 0 Å². The Balaban J connectivity index is 1.68. The number of benzene rings is 2. The van der Waals surface area contributed by atoms with E-state index < -0.39 is 0 Å². The Morgan fingerprint density at radius 2 is 2.03 bits per heavy atom. The quantitative estimate of drug-likeness (QED) is 0.619. The number of methoxy groups -OCH3 is 1. The molecule has 2 aromatic carbocycles. The van der Waals surface area contributed by atoms with Crippen LogP contribution >= 0.6 is 11.8 Å². The van der Waals surface area contributed by atoms with Crippen molar-refractivity contribution in [1.29, 1.82) is 0 Å². The van der Waals surface area contributed by atoms with E-state index >= 15 is 0 Å². The summed E-state index contributed by atoms with van der Waals surface area (Å²) in [6.45, 7) is 0.838. The average molecular weight is 430 g/mol. The normalized spacial score (nSPS) is 12.4. The molecule has 0 aliphatic carbocycles. The van der Waals surface area contributed by atoms with Crippen LogP contribution in [0.5, 0.6) is 0 Å². The molecule has 1 aliphatic rings. The molecule has 0 bridgehead atoms. The number of aromatic nitrogens is 1. The summed E-state index contributed by atoms with van der Waals surface area (Å²) in [4.78, 5) is 33.3. The number of hydrogen-bond donors (Lipinski definition) is 1. The lowest BCUT2D eigenvalue weighted by Crippen LogP contribution is -2.33. The molecule has 1 aromatic heterocycles. The van der Waals surface area contributed by atoms with E-state index in [1.54, 1.807) is 30.2 Å². The van der Waals surface area contributed by atoms with Gasteiger partial charge in [-0.3, -0.25) is 9.59 Å². The van der Waals surface area contributed by atoms with E-state index in [4.69, 9.17) is 11.2 Å². The van der Waals surface area contributed by atoms with Gasteiger partial charge in [-0.15, -0.1) is 6.42 Å². The third kappa shape index (κ3) is 4.31. The van der Waals surface area contributed by atoms with Crippen LogP contribution in [0.3, 0.4) is 0 Å². The maximum absolute atomic E-state index is 13.2. The summed E-state index contributed by atoms with van der Waals surface area (Å²) in [5.74, 6) is 2.07. The van der Waals surface area contributed by atoms with Gasteiger partial charge in [0.05, 0.1) is 17.9 Å². The monoisotopic (exact) mass is 429 g/mol. The van der Waals surface area contributed by atoms with Gasteiger partial charge in [0.25, 0.3) is 11.8 Å². The molecule has 0 fully saturated rings. The Kier molecular flexibility index (Phi) is 6.03. The van der Waals surface area contributed by atoms with Crippen LogP contribution < -0.4 is 10.2 Å². The second-order valence-electron chi connectivity index (χ2n) is 6.76. The minimum atomic E-state index is -0.287. The third-order valence-electron chi connectivity index (χ3n) is 4.78. The second kappa shape index (κ2) is 9.04. The van der Waals surface area contributed by atoms with Crippen LogP contribution in [0, 0.1) is 12.3 Å². The summed E-state index contributed by atoms with van der Waals surface area (Å²) in [5, 5.41) is 2.90. The zero-order valence-electron chi connectivity index (χ0n) is 16.8. The van der Waals surface area contributed by atoms with Crippen molar-refractivity contribution in [2.24, 2.45) is 0 Å². The molecular weight excluding hydrogens is 410 g/mol. The number of pyridine rings is 1. The highest BCUT2D eigenvalue weighted by molar-refractivity contribution is 7.99. The lowest BCUT2D eigenvalue weighted by molar-refractivity contribution is 0.0972. The summed E-state index contributed by atoms with van der Waals surface area (Å²) < 4.78 is 5.20. The van der Waals surface area contributed by atoms with Crippen molar-refractivity contribution < 1.29 is 14.3 Å². The SMILES string of the molecule is C#Cc1cc(C(=O)Nc2ccc3c(c2)Sc2ccccc2C(=O)N3CCOC)ccn1. The maximum Gasteiger partial charge on any atom is 0.259 e. The van der Waals surface area contributed by atoms with Gasteiger partial charge in [-0.05, 0) is 42.5 Å². The minimum absolute atomic E-state index is 0.0747. The topological polar surface area (TPSA) is 71.5 Å². The molecule has 4 rings (SSSR count). The van der Waals surface area contributed by atoms with Crippen LogP contribution in [0.4, 0.5) is 11.4 Å². The molecule has 154 valence electrons. The highest BCUT2D eigenvalue weighted by Gasteiger charge is 2.27. The molecule has 2 amide bonds. The van der Waals surface area contributed by atoms with Crippen molar-refractivity contribution in [3.05, 3.63) is 77.6 Å². The molecule has 6 nitrogen and oxygen atoms in total. The van der Waals surface area contributed by atoms with E-state index in [-0.39, 0.29) is 11.8 Å². The highest BCUT2D eigenvalue weighted by Crippen LogP contribution is 2.42. The fourth-order valence-corrected chi connectivity index (χ4v) is 4.38. The molecule has 0 radical (unpaired) electrons. The number of carbonyl (C=O) groups is 2. The van der Waals surface area contributed by atoms with E-state index in [0.29, 0.717) is 35.7 Å². The lowest BCUT2D eigenvalue weighted by Gasteiger charge is -2.23. The van der Waals surface area contributed by atoms with Crippen LogP contribution in [-0.4, -0.2) is 37.1 Å². The summed E-state index contributed by atoms with van der Waals surface area (Å²) in [6, 6.07) is 16.2. The van der Waals surface area contributed by atoms with Crippen molar-refractivity contribution in [2.45, 2.75) is 9.79 Å². The molecule has 0 unspecified atom stereocenters. The molecular formula is C24H19N3O3S. The van der Waals surface area contributed by atoms with Gasteiger partial charge in [-0.25, -0.2) is 4.98 Å². The van der Waals surface area contributed by atoms with E-state index in [1.165, 1.54) is 18.0 Å². The number of ether oxygens (including phenoxy) is 1. The number of nitrogens with one attached hydrogen (secondary N) is 1.